The zero-order valence-corrected chi connectivity index (χ0v) is 45.8. The predicted octanol–water partition coefficient (Wildman–Crippen LogP) is 15.6. The summed E-state index contributed by atoms with van der Waals surface area (Å²) in [6.07, 6.45) is 55.8. The van der Waals surface area contributed by atoms with Crippen LogP contribution in [0.3, 0.4) is 0 Å². The van der Waals surface area contributed by atoms with E-state index < -0.39 is 24.3 Å². The van der Waals surface area contributed by atoms with E-state index in [1.807, 2.05) is 21.1 Å². The molecule has 0 spiro atoms. The van der Waals surface area contributed by atoms with Crippen LogP contribution in [-0.4, -0.2) is 82.3 Å². The molecule has 0 rings (SSSR count). The molecule has 0 saturated heterocycles. The molecular weight excluding hydrogens is 851 g/mol. The van der Waals surface area contributed by atoms with Gasteiger partial charge in [0.25, 0.3) is 0 Å². The molecule has 0 radical (unpaired) electrons. The third-order valence-corrected chi connectivity index (χ3v) is 13.3. The summed E-state index contributed by atoms with van der Waals surface area (Å²) in [6.45, 7) is 4.74. The molecule has 9 heteroatoms. The van der Waals surface area contributed by atoms with Crippen molar-refractivity contribution >= 4 is 17.9 Å². The quantitative estimate of drug-likeness (QED) is 0.0195. The second kappa shape index (κ2) is 51.4. The molecule has 0 aromatic heterocycles. The minimum absolute atomic E-state index is 0.149. The Morgan fingerprint density at radius 1 is 0.426 bits per heavy atom. The van der Waals surface area contributed by atoms with Gasteiger partial charge in [0.2, 0.25) is 0 Å². The van der Waals surface area contributed by atoms with E-state index in [1.165, 1.54) is 199 Å². The van der Waals surface area contributed by atoms with Crippen molar-refractivity contribution < 1.29 is 42.9 Å². The Balaban J connectivity index is 3.96. The number of carbonyl (C=O) groups excluding carboxylic acids is 3. The topological polar surface area (TPSA) is 111 Å². The number of likely N-dealkylation sites (N-methyl/N-ethyl adjacent to an activating group) is 1. The van der Waals surface area contributed by atoms with Gasteiger partial charge in [-0.1, -0.05) is 257 Å². The van der Waals surface area contributed by atoms with Crippen molar-refractivity contribution in [3.63, 3.8) is 0 Å². The number of carboxylic acid groups (broad SMARTS) is 1. The summed E-state index contributed by atoms with van der Waals surface area (Å²) in [5.74, 6) is -2.28. The van der Waals surface area contributed by atoms with Gasteiger partial charge in [0.05, 0.1) is 40.3 Å². The Morgan fingerprint density at radius 2 is 0.765 bits per heavy atom. The molecule has 0 fully saturated rings. The number of nitrogens with zero attached hydrogens (tertiary/aromatic N) is 1. The lowest BCUT2D eigenvalue weighted by Crippen LogP contribution is -2.44. The highest BCUT2D eigenvalue weighted by Gasteiger charge is 2.22. The van der Waals surface area contributed by atoms with Crippen molar-refractivity contribution in [1.82, 2.24) is 0 Å². The van der Waals surface area contributed by atoms with Gasteiger partial charge in [0, 0.05) is 12.8 Å². The van der Waals surface area contributed by atoms with Crippen LogP contribution in [0, 0.1) is 0 Å². The number of unbranched alkanes of at least 4 members (excludes halogenated alkanes) is 38. The average Bonchev–Trinajstić information content (AvgIpc) is 3.30. The molecule has 68 heavy (non-hydrogen) atoms. The number of hydrogen-bond acceptors (Lipinski definition) is 8. The van der Waals surface area contributed by atoms with Gasteiger partial charge in [-0.2, -0.15) is 0 Å². The van der Waals surface area contributed by atoms with Gasteiger partial charge < -0.3 is 33.3 Å². The zero-order chi connectivity index (χ0) is 49.9. The summed E-state index contributed by atoms with van der Waals surface area (Å²) in [5, 5.41) is 11.7. The largest absolute Gasteiger partial charge is 0.545 e. The van der Waals surface area contributed by atoms with Crippen LogP contribution in [0.5, 0.6) is 0 Å². The maximum absolute atomic E-state index is 12.8. The van der Waals surface area contributed by atoms with Crippen LogP contribution in [-0.2, 0) is 33.3 Å². The molecule has 0 aromatic rings. The van der Waals surface area contributed by atoms with Gasteiger partial charge >= 0.3 is 11.9 Å². The summed E-state index contributed by atoms with van der Waals surface area (Å²) < 4.78 is 22.6. The van der Waals surface area contributed by atoms with Crippen molar-refractivity contribution in [3.8, 4) is 0 Å². The molecule has 0 aliphatic rings. The summed E-state index contributed by atoms with van der Waals surface area (Å²) in [5.41, 5.74) is 0. The fourth-order valence-electron chi connectivity index (χ4n) is 8.70. The van der Waals surface area contributed by atoms with E-state index in [4.69, 9.17) is 18.9 Å². The second-order valence-electron chi connectivity index (χ2n) is 21.3. The van der Waals surface area contributed by atoms with E-state index in [1.54, 1.807) is 0 Å². The van der Waals surface area contributed by atoms with Crippen molar-refractivity contribution in [2.45, 2.75) is 302 Å². The lowest BCUT2D eigenvalue weighted by atomic mass is 10.0. The van der Waals surface area contributed by atoms with Gasteiger partial charge in [0.15, 0.2) is 12.4 Å². The molecule has 0 bridgehead atoms. The highest BCUT2D eigenvalue weighted by Crippen LogP contribution is 2.18. The van der Waals surface area contributed by atoms with E-state index >= 15 is 0 Å². The number of ether oxygens (including phenoxy) is 4. The first-order valence-electron chi connectivity index (χ1n) is 29.3. The summed E-state index contributed by atoms with van der Waals surface area (Å²) in [6, 6.07) is 0. The number of aliphatic carboxylic acids is 1. The second-order valence-corrected chi connectivity index (χ2v) is 21.3. The monoisotopic (exact) mass is 964 g/mol. The van der Waals surface area contributed by atoms with E-state index in [2.05, 4.69) is 26.0 Å². The number of hydrogen-bond donors (Lipinski definition) is 0. The minimum Gasteiger partial charge on any atom is -0.545 e. The number of carboxylic acids is 1. The molecule has 0 aliphatic carbocycles. The fourth-order valence-corrected chi connectivity index (χ4v) is 8.70. The lowest BCUT2D eigenvalue weighted by Gasteiger charge is -2.26. The molecular formula is C59H113NO8. The zero-order valence-electron chi connectivity index (χ0n) is 45.8. The predicted molar refractivity (Wildman–Crippen MR) is 283 cm³/mol. The minimum atomic E-state index is -1.62. The molecule has 9 nitrogen and oxygen atoms in total. The lowest BCUT2D eigenvalue weighted by molar-refractivity contribution is -0.870. The standard InChI is InChI=1S/C59H113NO8/c1-6-8-10-12-14-16-18-19-20-21-22-23-24-25-26-27-28-29-30-31-32-33-34-35-36-37-38-40-41-43-45-47-49-56(61)66-53-55(54-67-59(58(63)64)65-52-51-60(3,4)5)68-57(62)50-48-46-44-42-39-17-15-13-11-9-7-2/h13,15,55,59H,6-12,14,16-54H2,1-5H3/b15-13-. The summed E-state index contributed by atoms with van der Waals surface area (Å²) in [4.78, 5) is 37.1. The van der Waals surface area contributed by atoms with E-state index in [0.717, 1.165) is 57.8 Å². The molecule has 2 unspecified atom stereocenters. The van der Waals surface area contributed by atoms with Crippen molar-refractivity contribution in [3.05, 3.63) is 12.2 Å². The molecule has 0 saturated carbocycles. The molecule has 0 aromatic carbocycles. The summed E-state index contributed by atoms with van der Waals surface area (Å²) >= 11 is 0. The van der Waals surface area contributed by atoms with Crippen molar-refractivity contribution in [2.24, 2.45) is 0 Å². The summed E-state index contributed by atoms with van der Waals surface area (Å²) in [7, 11) is 5.92. The average molecular weight is 965 g/mol. The Morgan fingerprint density at radius 3 is 1.13 bits per heavy atom. The van der Waals surface area contributed by atoms with E-state index in [-0.39, 0.29) is 32.2 Å². The van der Waals surface area contributed by atoms with Crippen LogP contribution in [0.1, 0.15) is 290 Å². The molecule has 402 valence electrons. The van der Waals surface area contributed by atoms with E-state index in [9.17, 15) is 19.5 Å². The van der Waals surface area contributed by atoms with Crippen LogP contribution in [0.4, 0.5) is 0 Å². The molecule has 0 N–H and O–H groups in total. The molecule has 0 amide bonds. The Labute approximate surface area is 421 Å². The maximum atomic E-state index is 12.8. The maximum Gasteiger partial charge on any atom is 0.306 e. The molecule has 0 heterocycles. The highest BCUT2D eigenvalue weighted by molar-refractivity contribution is 5.70. The van der Waals surface area contributed by atoms with Gasteiger partial charge in [-0.3, -0.25) is 9.59 Å². The molecule has 0 aliphatic heterocycles. The normalized spacial score (nSPS) is 12.8. The van der Waals surface area contributed by atoms with Gasteiger partial charge in [-0.25, -0.2) is 0 Å². The van der Waals surface area contributed by atoms with Gasteiger partial charge in [0.1, 0.15) is 13.2 Å². The van der Waals surface area contributed by atoms with Crippen LogP contribution in [0.2, 0.25) is 0 Å². The number of allylic oxidation sites excluding steroid dienone is 2. The van der Waals surface area contributed by atoms with E-state index in [0.29, 0.717) is 23.9 Å². The third-order valence-electron chi connectivity index (χ3n) is 13.3. The first-order chi connectivity index (χ1) is 33.1. The molecule has 2 atom stereocenters. The third kappa shape index (κ3) is 51.9. The van der Waals surface area contributed by atoms with Crippen molar-refractivity contribution in [1.29, 1.82) is 0 Å². The number of rotatable bonds is 55. The number of esters is 2. The van der Waals surface area contributed by atoms with Gasteiger partial charge in [-0.05, 0) is 32.1 Å². The Bertz CT molecular complexity index is 1120. The number of quaternary nitrogens is 1. The smallest absolute Gasteiger partial charge is 0.306 e. The van der Waals surface area contributed by atoms with Crippen LogP contribution >= 0.6 is 0 Å². The highest BCUT2D eigenvalue weighted by atomic mass is 16.7. The van der Waals surface area contributed by atoms with Crippen molar-refractivity contribution in [2.75, 3.05) is 47.5 Å². The first-order valence-corrected chi connectivity index (χ1v) is 29.3. The van der Waals surface area contributed by atoms with Gasteiger partial charge in [-0.15, -0.1) is 0 Å². The SMILES string of the molecule is CCCC/C=C\CCCCCCCC(=O)OC(COC(=O)CCCCCCCCCCCCCCCCCCCCCCCCCCCCCCCCCC)COC(OCC[N+](C)(C)C)C(=O)[O-]. The van der Waals surface area contributed by atoms with Crippen LogP contribution < -0.4 is 5.11 Å². The van der Waals surface area contributed by atoms with Crippen LogP contribution in [0.25, 0.3) is 0 Å². The first kappa shape index (κ1) is 66.0. The Hall–Kier alpha value is -1.97. The number of carbonyl (C=O) groups is 3. The fraction of sp³-hybridized carbons (Fsp3) is 0.915. The Kier molecular flexibility index (Phi) is 49.9. The van der Waals surface area contributed by atoms with Crippen LogP contribution in [0.15, 0.2) is 12.2 Å².